The molecule has 2 saturated carbocycles. The molecule has 0 aromatic rings. The fourth-order valence-corrected chi connectivity index (χ4v) is 3.65. The summed E-state index contributed by atoms with van der Waals surface area (Å²) in [5.74, 6) is 1.31. The number of fused-ring (bicyclic) bond motifs is 2. The molecule has 2 heteroatoms. The molecule has 52 valence electrons. The van der Waals surface area contributed by atoms with Gasteiger partial charge in [0.2, 0.25) is 0 Å². The Bertz CT molecular complexity index is 126. The number of hydrogen-bond acceptors (Lipinski definition) is 1. The number of aliphatic hydroxyl groups excluding tert-OH is 1. The van der Waals surface area contributed by atoms with Gasteiger partial charge in [-0.3, -0.25) is 0 Å². The number of hydrogen-bond donors (Lipinski definition) is 1. The lowest BCUT2D eigenvalue weighted by Crippen LogP contribution is -2.14. The highest BCUT2D eigenvalue weighted by atomic mass is 127. The second-order valence-electron chi connectivity index (χ2n) is 3.24. The van der Waals surface area contributed by atoms with Crippen LogP contribution >= 0.6 is 22.6 Å². The van der Waals surface area contributed by atoms with E-state index in [1.165, 1.54) is 19.3 Å². The summed E-state index contributed by atoms with van der Waals surface area (Å²) in [7, 11) is 0. The Morgan fingerprint density at radius 1 is 1.33 bits per heavy atom. The van der Waals surface area contributed by atoms with Crippen molar-refractivity contribution in [1.82, 2.24) is 0 Å². The molecular weight excluding hydrogens is 227 g/mol. The SMILES string of the molecule is OC1[C@H]2CC[C@@H]1[C@H](I)C2. The van der Waals surface area contributed by atoms with Crippen molar-refractivity contribution in [3.8, 4) is 0 Å². The van der Waals surface area contributed by atoms with Gasteiger partial charge in [0.25, 0.3) is 0 Å². The summed E-state index contributed by atoms with van der Waals surface area (Å²) in [6, 6.07) is 0. The first kappa shape index (κ1) is 6.40. The van der Waals surface area contributed by atoms with E-state index < -0.39 is 0 Å². The number of halogens is 1. The van der Waals surface area contributed by atoms with E-state index in [1.807, 2.05) is 0 Å². The summed E-state index contributed by atoms with van der Waals surface area (Å²) < 4.78 is 0.774. The van der Waals surface area contributed by atoms with E-state index in [9.17, 15) is 5.11 Å². The van der Waals surface area contributed by atoms with E-state index >= 15 is 0 Å². The standard InChI is InChI=1S/C7H11IO/c8-6-3-4-1-2-5(6)7(4)9/h4-7,9H,1-3H2/t4-,5+,6+,7?/m0/s1. The summed E-state index contributed by atoms with van der Waals surface area (Å²) in [6.45, 7) is 0. The smallest absolute Gasteiger partial charge is 0.0606 e. The number of rotatable bonds is 0. The van der Waals surface area contributed by atoms with Crippen molar-refractivity contribution in [2.24, 2.45) is 11.8 Å². The molecule has 4 atom stereocenters. The van der Waals surface area contributed by atoms with Crippen molar-refractivity contribution in [1.29, 1.82) is 0 Å². The molecule has 0 heterocycles. The Morgan fingerprint density at radius 2 is 2.11 bits per heavy atom. The highest BCUT2D eigenvalue weighted by Crippen LogP contribution is 2.47. The maximum atomic E-state index is 9.49. The van der Waals surface area contributed by atoms with Gasteiger partial charge in [0.1, 0.15) is 0 Å². The van der Waals surface area contributed by atoms with Gasteiger partial charge in [-0.25, -0.2) is 0 Å². The van der Waals surface area contributed by atoms with Crippen molar-refractivity contribution >= 4 is 22.6 Å². The van der Waals surface area contributed by atoms with E-state index in [0.29, 0.717) is 11.8 Å². The Morgan fingerprint density at radius 3 is 2.33 bits per heavy atom. The first-order valence-electron chi connectivity index (χ1n) is 3.61. The van der Waals surface area contributed by atoms with Crippen LogP contribution in [0.3, 0.4) is 0 Å². The van der Waals surface area contributed by atoms with Crippen molar-refractivity contribution in [2.45, 2.75) is 29.3 Å². The molecule has 9 heavy (non-hydrogen) atoms. The van der Waals surface area contributed by atoms with E-state index in [1.54, 1.807) is 0 Å². The summed E-state index contributed by atoms with van der Waals surface area (Å²) in [4.78, 5) is 0. The Labute approximate surface area is 69.0 Å². The van der Waals surface area contributed by atoms with Crippen LogP contribution in [0.4, 0.5) is 0 Å². The quantitative estimate of drug-likeness (QED) is 0.501. The Kier molecular flexibility index (Phi) is 1.49. The lowest BCUT2D eigenvalue weighted by Gasteiger charge is -2.13. The van der Waals surface area contributed by atoms with E-state index in [0.717, 1.165) is 3.92 Å². The molecule has 2 bridgehead atoms. The van der Waals surface area contributed by atoms with Crippen molar-refractivity contribution < 1.29 is 5.11 Å². The lowest BCUT2D eigenvalue weighted by molar-refractivity contribution is 0.129. The normalized spacial score (nSPS) is 56.7. The topological polar surface area (TPSA) is 20.2 Å². The second-order valence-corrected chi connectivity index (χ2v) is 4.84. The van der Waals surface area contributed by atoms with Crippen molar-refractivity contribution in [3.05, 3.63) is 0 Å². The summed E-state index contributed by atoms with van der Waals surface area (Å²) >= 11 is 2.48. The molecule has 0 aromatic carbocycles. The van der Waals surface area contributed by atoms with Gasteiger partial charge < -0.3 is 5.11 Å². The highest BCUT2D eigenvalue weighted by molar-refractivity contribution is 14.1. The van der Waals surface area contributed by atoms with Gasteiger partial charge in [-0.1, -0.05) is 22.6 Å². The van der Waals surface area contributed by atoms with Crippen LogP contribution in [-0.2, 0) is 0 Å². The molecule has 1 nitrogen and oxygen atoms in total. The molecule has 0 aliphatic heterocycles. The zero-order chi connectivity index (χ0) is 6.43. The number of alkyl halides is 1. The average Bonchev–Trinajstić information content (AvgIpc) is 2.25. The van der Waals surface area contributed by atoms with Gasteiger partial charge in [0, 0.05) is 3.92 Å². The molecule has 0 radical (unpaired) electrons. The zero-order valence-electron chi connectivity index (χ0n) is 5.26. The molecule has 2 rings (SSSR count). The maximum Gasteiger partial charge on any atom is 0.0606 e. The van der Waals surface area contributed by atoms with Crippen LogP contribution in [0.5, 0.6) is 0 Å². The van der Waals surface area contributed by atoms with Crippen LogP contribution in [0.1, 0.15) is 19.3 Å². The summed E-state index contributed by atoms with van der Waals surface area (Å²) in [5, 5.41) is 9.49. The van der Waals surface area contributed by atoms with Gasteiger partial charge in [0.05, 0.1) is 6.10 Å². The first-order valence-corrected chi connectivity index (χ1v) is 4.86. The molecule has 0 saturated heterocycles. The highest BCUT2D eigenvalue weighted by Gasteiger charge is 2.45. The predicted octanol–water partition coefficient (Wildman–Crippen LogP) is 1.58. The van der Waals surface area contributed by atoms with Crippen LogP contribution < -0.4 is 0 Å². The van der Waals surface area contributed by atoms with E-state index in [-0.39, 0.29) is 6.10 Å². The monoisotopic (exact) mass is 238 g/mol. The molecule has 0 aromatic heterocycles. The molecule has 2 aliphatic rings. The fourth-order valence-electron chi connectivity index (χ4n) is 2.21. The van der Waals surface area contributed by atoms with Crippen LogP contribution in [-0.4, -0.2) is 15.1 Å². The van der Waals surface area contributed by atoms with Gasteiger partial charge >= 0.3 is 0 Å². The van der Waals surface area contributed by atoms with E-state index in [4.69, 9.17) is 0 Å². The third kappa shape index (κ3) is 0.827. The van der Waals surface area contributed by atoms with Crippen LogP contribution in [0, 0.1) is 11.8 Å². The summed E-state index contributed by atoms with van der Waals surface area (Å²) in [5.41, 5.74) is 0. The molecular formula is C7H11IO. The lowest BCUT2D eigenvalue weighted by atomic mass is 10.0. The molecule has 2 aliphatic carbocycles. The Hall–Kier alpha value is 0.690. The van der Waals surface area contributed by atoms with Gasteiger partial charge in [-0.15, -0.1) is 0 Å². The van der Waals surface area contributed by atoms with E-state index in [2.05, 4.69) is 22.6 Å². The largest absolute Gasteiger partial charge is 0.393 e. The minimum atomic E-state index is 0.0619. The first-order chi connectivity index (χ1) is 4.29. The van der Waals surface area contributed by atoms with Gasteiger partial charge in [0.15, 0.2) is 0 Å². The van der Waals surface area contributed by atoms with Crippen LogP contribution in [0.15, 0.2) is 0 Å². The zero-order valence-corrected chi connectivity index (χ0v) is 7.41. The van der Waals surface area contributed by atoms with Gasteiger partial charge in [-0.2, -0.15) is 0 Å². The third-order valence-electron chi connectivity index (χ3n) is 2.78. The van der Waals surface area contributed by atoms with Crippen molar-refractivity contribution in [2.75, 3.05) is 0 Å². The van der Waals surface area contributed by atoms with Gasteiger partial charge in [-0.05, 0) is 31.1 Å². The molecule has 0 amide bonds. The molecule has 1 N–H and O–H groups in total. The van der Waals surface area contributed by atoms with Crippen LogP contribution in [0.2, 0.25) is 0 Å². The average molecular weight is 238 g/mol. The number of aliphatic hydroxyl groups is 1. The van der Waals surface area contributed by atoms with Crippen molar-refractivity contribution in [3.63, 3.8) is 0 Å². The Balaban J connectivity index is 2.16. The fraction of sp³-hybridized carbons (Fsp3) is 1.00. The maximum absolute atomic E-state index is 9.49. The minimum absolute atomic E-state index is 0.0619. The second kappa shape index (κ2) is 2.09. The molecule has 2 fully saturated rings. The third-order valence-corrected chi connectivity index (χ3v) is 4.22. The summed E-state index contributed by atoms with van der Waals surface area (Å²) in [6.07, 6.45) is 3.89. The van der Waals surface area contributed by atoms with Crippen LogP contribution in [0.25, 0.3) is 0 Å². The predicted molar refractivity (Wildman–Crippen MR) is 44.6 cm³/mol. The molecule has 0 spiro atoms. The minimum Gasteiger partial charge on any atom is -0.393 e. The molecule has 1 unspecified atom stereocenters.